The first kappa shape index (κ1) is 10.1. The minimum absolute atomic E-state index is 0.0776. The van der Waals surface area contributed by atoms with Gasteiger partial charge in [0.2, 0.25) is 5.91 Å². The van der Waals surface area contributed by atoms with Crippen LogP contribution in [-0.4, -0.2) is 5.91 Å². The smallest absolute Gasteiger partial charge is 0.229 e. The van der Waals surface area contributed by atoms with Crippen molar-refractivity contribution < 1.29 is 4.79 Å². The summed E-state index contributed by atoms with van der Waals surface area (Å²) in [7, 11) is 0. The Morgan fingerprint density at radius 3 is 2.86 bits per heavy atom. The number of carbonyl (C=O) groups is 1. The van der Waals surface area contributed by atoms with E-state index in [1.54, 1.807) is 6.07 Å². The van der Waals surface area contributed by atoms with Crippen molar-refractivity contribution in [3.8, 4) is 11.8 Å². The molecule has 14 heavy (non-hydrogen) atoms. The molecule has 0 aliphatic carbocycles. The maximum absolute atomic E-state index is 10.4. The summed E-state index contributed by atoms with van der Waals surface area (Å²) < 4.78 is 0. The number of primary amides is 1. The monoisotopic (exact) mass is 188 g/mol. The molecule has 0 fully saturated rings. The Kier molecular flexibility index (Phi) is 3.14. The molecular weight excluding hydrogens is 176 g/mol. The number of aryl methyl sites for hydroxylation is 1. The van der Waals surface area contributed by atoms with Crippen LogP contribution in [0.15, 0.2) is 18.2 Å². The molecule has 1 aromatic rings. The number of hydrogen-bond donors (Lipinski definition) is 2. The number of rotatable bonds is 1. The van der Waals surface area contributed by atoms with Gasteiger partial charge in [0.15, 0.2) is 0 Å². The number of hydrogen-bond acceptors (Lipinski definition) is 2. The van der Waals surface area contributed by atoms with Crippen molar-refractivity contribution >= 4 is 11.6 Å². The fourth-order valence-corrected chi connectivity index (χ4v) is 1.00. The normalized spacial score (nSPS) is 8.93. The number of anilines is 1. The van der Waals surface area contributed by atoms with Crippen LogP contribution in [0.2, 0.25) is 0 Å². The van der Waals surface area contributed by atoms with Crippen molar-refractivity contribution in [2.75, 3.05) is 5.73 Å². The lowest BCUT2D eigenvalue weighted by Gasteiger charge is -1.98. The minimum atomic E-state index is -0.418. The van der Waals surface area contributed by atoms with Crippen LogP contribution >= 0.6 is 0 Å². The van der Waals surface area contributed by atoms with Gasteiger partial charge in [-0.05, 0) is 24.6 Å². The third-order valence-corrected chi connectivity index (χ3v) is 1.75. The number of benzene rings is 1. The highest BCUT2D eigenvalue weighted by Gasteiger charge is 1.94. The van der Waals surface area contributed by atoms with Crippen LogP contribution in [0.3, 0.4) is 0 Å². The highest BCUT2D eigenvalue weighted by molar-refractivity contribution is 5.76. The Balaban J connectivity index is 2.88. The first-order valence-electron chi connectivity index (χ1n) is 4.23. The molecule has 0 atom stereocenters. The van der Waals surface area contributed by atoms with E-state index in [4.69, 9.17) is 11.5 Å². The first-order chi connectivity index (χ1) is 6.59. The quantitative estimate of drug-likeness (QED) is 0.505. The lowest BCUT2D eigenvalue weighted by molar-refractivity contribution is -0.117. The van der Waals surface area contributed by atoms with E-state index in [9.17, 15) is 4.79 Å². The molecule has 0 saturated heterocycles. The van der Waals surface area contributed by atoms with E-state index in [1.807, 2.05) is 19.1 Å². The Morgan fingerprint density at radius 1 is 1.50 bits per heavy atom. The van der Waals surface area contributed by atoms with Gasteiger partial charge < -0.3 is 11.5 Å². The van der Waals surface area contributed by atoms with Crippen LogP contribution in [0.5, 0.6) is 0 Å². The standard InChI is InChI=1S/C11H12N2O/c1-8-5-6-10(12)7-9(8)3-2-4-11(13)14/h5-7H,4,12H2,1H3,(H2,13,14). The summed E-state index contributed by atoms with van der Waals surface area (Å²) in [6.45, 7) is 1.94. The van der Waals surface area contributed by atoms with Gasteiger partial charge in [0.05, 0.1) is 6.42 Å². The molecule has 72 valence electrons. The molecule has 0 aliphatic rings. The molecule has 1 aromatic carbocycles. The Hall–Kier alpha value is -1.95. The van der Waals surface area contributed by atoms with Crippen molar-refractivity contribution in [2.24, 2.45) is 5.73 Å². The van der Waals surface area contributed by atoms with Crippen LogP contribution in [0.25, 0.3) is 0 Å². The van der Waals surface area contributed by atoms with Gasteiger partial charge in [-0.2, -0.15) is 0 Å². The number of amides is 1. The van der Waals surface area contributed by atoms with Gasteiger partial charge in [-0.25, -0.2) is 0 Å². The summed E-state index contributed by atoms with van der Waals surface area (Å²) in [5.74, 6) is 5.13. The Labute approximate surface area is 83.1 Å². The van der Waals surface area contributed by atoms with E-state index in [0.29, 0.717) is 5.69 Å². The van der Waals surface area contributed by atoms with Gasteiger partial charge in [-0.15, -0.1) is 0 Å². The lowest BCUT2D eigenvalue weighted by Crippen LogP contribution is -2.08. The van der Waals surface area contributed by atoms with Crippen molar-refractivity contribution in [1.82, 2.24) is 0 Å². The summed E-state index contributed by atoms with van der Waals surface area (Å²) in [4.78, 5) is 10.4. The summed E-state index contributed by atoms with van der Waals surface area (Å²) in [6, 6.07) is 5.49. The average molecular weight is 188 g/mol. The van der Waals surface area contributed by atoms with Crippen LogP contribution in [-0.2, 0) is 4.79 Å². The van der Waals surface area contributed by atoms with E-state index in [1.165, 1.54) is 0 Å². The molecule has 3 heteroatoms. The van der Waals surface area contributed by atoms with Gasteiger partial charge in [0.25, 0.3) is 0 Å². The molecule has 1 amide bonds. The largest absolute Gasteiger partial charge is 0.399 e. The summed E-state index contributed by atoms with van der Waals surface area (Å²) in [5.41, 5.74) is 13.1. The number of nitrogen functional groups attached to an aromatic ring is 1. The second-order valence-electron chi connectivity index (χ2n) is 3.02. The van der Waals surface area contributed by atoms with Gasteiger partial charge >= 0.3 is 0 Å². The Bertz CT molecular complexity index is 413. The molecular formula is C11H12N2O. The van der Waals surface area contributed by atoms with E-state index in [0.717, 1.165) is 11.1 Å². The lowest BCUT2D eigenvalue weighted by atomic mass is 10.1. The fourth-order valence-electron chi connectivity index (χ4n) is 1.00. The molecule has 0 spiro atoms. The van der Waals surface area contributed by atoms with Crippen molar-refractivity contribution in [1.29, 1.82) is 0 Å². The first-order valence-corrected chi connectivity index (χ1v) is 4.23. The zero-order valence-corrected chi connectivity index (χ0v) is 8.00. The predicted octanol–water partition coefficient (Wildman–Crippen LogP) is 0.804. The van der Waals surface area contributed by atoms with E-state index in [-0.39, 0.29) is 6.42 Å². The van der Waals surface area contributed by atoms with Gasteiger partial charge in [0, 0.05) is 11.3 Å². The Morgan fingerprint density at radius 2 is 2.21 bits per heavy atom. The van der Waals surface area contributed by atoms with Crippen LogP contribution in [0, 0.1) is 18.8 Å². The molecule has 4 N–H and O–H groups in total. The van der Waals surface area contributed by atoms with Crippen molar-refractivity contribution in [3.63, 3.8) is 0 Å². The van der Waals surface area contributed by atoms with Crippen molar-refractivity contribution in [3.05, 3.63) is 29.3 Å². The van der Waals surface area contributed by atoms with E-state index < -0.39 is 5.91 Å². The summed E-state index contributed by atoms with van der Waals surface area (Å²) >= 11 is 0. The number of carbonyl (C=O) groups excluding carboxylic acids is 1. The zero-order valence-electron chi connectivity index (χ0n) is 8.00. The highest BCUT2D eigenvalue weighted by Crippen LogP contribution is 2.10. The predicted molar refractivity (Wildman–Crippen MR) is 56.3 cm³/mol. The van der Waals surface area contributed by atoms with E-state index >= 15 is 0 Å². The minimum Gasteiger partial charge on any atom is -0.399 e. The molecule has 3 nitrogen and oxygen atoms in total. The molecule has 0 bridgehead atoms. The molecule has 0 unspecified atom stereocenters. The second-order valence-corrected chi connectivity index (χ2v) is 3.02. The molecule has 0 heterocycles. The summed E-state index contributed by atoms with van der Waals surface area (Å²) in [6.07, 6.45) is 0.0776. The fraction of sp³-hybridized carbons (Fsp3) is 0.182. The maximum atomic E-state index is 10.4. The van der Waals surface area contributed by atoms with Crippen LogP contribution in [0.4, 0.5) is 5.69 Å². The van der Waals surface area contributed by atoms with E-state index in [2.05, 4.69) is 11.8 Å². The van der Waals surface area contributed by atoms with Crippen LogP contribution in [0.1, 0.15) is 17.5 Å². The SMILES string of the molecule is Cc1ccc(N)cc1C#CCC(N)=O. The van der Waals surface area contributed by atoms with Crippen LogP contribution < -0.4 is 11.5 Å². The molecule has 1 rings (SSSR count). The molecule has 0 saturated carbocycles. The van der Waals surface area contributed by atoms with Gasteiger partial charge in [0.1, 0.15) is 0 Å². The van der Waals surface area contributed by atoms with Gasteiger partial charge in [-0.3, -0.25) is 4.79 Å². The molecule has 0 radical (unpaired) electrons. The zero-order chi connectivity index (χ0) is 10.6. The highest BCUT2D eigenvalue weighted by atomic mass is 16.1. The average Bonchev–Trinajstić information content (AvgIpc) is 2.10. The summed E-state index contributed by atoms with van der Waals surface area (Å²) in [5, 5.41) is 0. The topological polar surface area (TPSA) is 69.1 Å². The van der Waals surface area contributed by atoms with Crippen molar-refractivity contribution in [2.45, 2.75) is 13.3 Å². The molecule has 0 aliphatic heterocycles. The second kappa shape index (κ2) is 4.33. The third-order valence-electron chi connectivity index (χ3n) is 1.75. The third kappa shape index (κ3) is 2.83. The number of nitrogens with two attached hydrogens (primary N) is 2. The van der Waals surface area contributed by atoms with Gasteiger partial charge in [-0.1, -0.05) is 17.9 Å². The maximum Gasteiger partial charge on any atom is 0.229 e. The molecule has 0 aromatic heterocycles.